The van der Waals surface area contributed by atoms with Gasteiger partial charge in [-0.05, 0) is 12.8 Å². The molecule has 0 radical (unpaired) electrons. The highest BCUT2D eigenvalue weighted by molar-refractivity contribution is 6.09. The summed E-state index contributed by atoms with van der Waals surface area (Å²) in [6.07, 6.45) is 4.11. The molecule has 0 aromatic carbocycles. The van der Waals surface area contributed by atoms with Crippen LogP contribution < -0.4 is 4.90 Å². The topological polar surface area (TPSA) is 83.4 Å². The molecule has 0 saturated carbocycles. The highest BCUT2D eigenvalue weighted by Crippen LogP contribution is 2.44. The van der Waals surface area contributed by atoms with Crippen molar-refractivity contribution in [1.29, 1.82) is 0 Å². The van der Waals surface area contributed by atoms with Crippen molar-refractivity contribution in [3.63, 3.8) is 0 Å². The largest absolute Gasteiger partial charge is 0.480 e. The van der Waals surface area contributed by atoms with Gasteiger partial charge in [0, 0.05) is 0 Å². The van der Waals surface area contributed by atoms with E-state index in [1.165, 1.54) is 17.4 Å². The van der Waals surface area contributed by atoms with Crippen molar-refractivity contribution in [2.24, 2.45) is 0 Å². The summed E-state index contributed by atoms with van der Waals surface area (Å²) in [5, 5.41) is 8.90. The first-order chi connectivity index (χ1) is 8.56. The van der Waals surface area contributed by atoms with Crippen LogP contribution in [0.4, 0.5) is 5.69 Å². The quantitative estimate of drug-likeness (QED) is 0.859. The highest BCUT2D eigenvalue weighted by Gasteiger charge is 2.50. The minimum Gasteiger partial charge on any atom is -0.480 e. The summed E-state index contributed by atoms with van der Waals surface area (Å²) in [6.45, 7) is 3.48. The molecule has 18 heavy (non-hydrogen) atoms. The summed E-state index contributed by atoms with van der Waals surface area (Å²) in [6, 6.07) is 0. The Morgan fingerprint density at radius 1 is 1.44 bits per heavy atom. The van der Waals surface area contributed by atoms with Crippen molar-refractivity contribution >= 4 is 17.6 Å². The van der Waals surface area contributed by atoms with Gasteiger partial charge in [-0.3, -0.25) is 14.5 Å². The molecule has 1 aliphatic rings. The monoisotopic (exact) mass is 249 g/mol. The van der Waals surface area contributed by atoms with Crippen molar-refractivity contribution in [3.8, 4) is 0 Å². The van der Waals surface area contributed by atoms with Crippen LogP contribution in [-0.2, 0) is 15.0 Å². The van der Waals surface area contributed by atoms with Crippen molar-refractivity contribution in [1.82, 2.24) is 9.97 Å². The predicted molar refractivity (Wildman–Crippen MR) is 64.3 cm³/mol. The number of carbonyl (C=O) groups excluding carboxylic acids is 1. The standard InChI is InChI=1S/C12H15N3O3/c1-3-12(4-2)10-8(5-13-7-14-10)15(11(12)18)6-9(16)17/h5,7H,3-4,6H2,1-2H3,(H,16,17). The average molecular weight is 249 g/mol. The van der Waals surface area contributed by atoms with Crippen LogP contribution in [0.3, 0.4) is 0 Å². The maximum absolute atomic E-state index is 12.5. The second kappa shape index (κ2) is 4.36. The van der Waals surface area contributed by atoms with Crippen LogP contribution in [0.1, 0.15) is 32.4 Å². The van der Waals surface area contributed by atoms with Gasteiger partial charge in [0.05, 0.1) is 23.0 Å². The van der Waals surface area contributed by atoms with Crippen LogP contribution in [0.25, 0.3) is 0 Å². The van der Waals surface area contributed by atoms with E-state index in [4.69, 9.17) is 5.11 Å². The first-order valence-electron chi connectivity index (χ1n) is 5.91. The zero-order valence-corrected chi connectivity index (χ0v) is 10.4. The first-order valence-corrected chi connectivity index (χ1v) is 5.91. The number of carboxylic acids is 1. The summed E-state index contributed by atoms with van der Waals surface area (Å²) < 4.78 is 0. The number of aliphatic carboxylic acids is 1. The van der Waals surface area contributed by atoms with E-state index in [1.807, 2.05) is 13.8 Å². The fourth-order valence-electron chi connectivity index (χ4n) is 2.54. The lowest BCUT2D eigenvalue weighted by atomic mass is 9.80. The lowest BCUT2D eigenvalue weighted by Gasteiger charge is -2.24. The Balaban J connectivity index is 2.56. The molecule has 1 amide bonds. The van der Waals surface area contributed by atoms with Gasteiger partial charge >= 0.3 is 5.97 Å². The number of carbonyl (C=O) groups is 2. The second-order valence-corrected chi connectivity index (χ2v) is 4.33. The van der Waals surface area contributed by atoms with Crippen molar-refractivity contribution in [2.45, 2.75) is 32.1 Å². The number of fused-ring (bicyclic) bond motifs is 1. The summed E-state index contributed by atoms with van der Waals surface area (Å²) >= 11 is 0. The Morgan fingerprint density at radius 2 is 2.11 bits per heavy atom. The zero-order valence-electron chi connectivity index (χ0n) is 10.4. The Bertz CT molecular complexity index is 497. The van der Waals surface area contributed by atoms with E-state index in [9.17, 15) is 9.59 Å². The van der Waals surface area contributed by atoms with Crippen LogP contribution >= 0.6 is 0 Å². The summed E-state index contributed by atoms with van der Waals surface area (Å²) in [7, 11) is 0. The van der Waals surface area contributed by atoms with Crippen LogP contribution in [-0.4, -0.2) is 33.5 Å². The highest BCUT2D eigenvalue weighted by atomic mass is 16.4. The van der Waals surface area contributed by atoms with E-state index in [1.54, 1.807) is 0 Å². The molecule has 0 spiro atoms. The van der Waals surface area contributed by atoms with E-state index in [0.29, 0.717) is 24.2 Å². The maximum Gasteiger partial charge on any atom is 0.323 e. The molecule has 96 valence electrons. The van der Waals surface area contributed by atoms with Crippen LogP contribution in [0.2, 0.25) is 0 Å². The fourth-order valence-corrected chi connectivity index (χ4v) is 2.54. The molecule has 6 heteroatoms. The molecular weight excluding hydrogens is 234 g/mol. The number of anilines is 1. The minimum absolute atomic E-state index is 0.189. The molecule has 1 aliphatic heterocycles. The Labute approximate surface area is 105 Å². The molecule has 0 atom stereocenters. The third-order valence-electron chi connectivity index (χ3n) is 3.59. The molecule has 2 rings (SSSR count). The number of carboxylic acid groups (broad SMARTS) is 1. The van der Waals surface area contributed by atoms with E-state index >= 15 is 0 Å². The van der Waals surface area contributed by atoms with Gasteiger partial charge < -0.3 is 5.11 Å². The van der Waals surface area contributed by atoms with Crippen LogP contribution in [0.5, 0.6) is 0 Å². The SMILES string of the molecule is CCC1(CC)C(=O)N(CC(=O)O)c2cncnc21. The van der Waals surface area contributed by atoms with E-state index < -0.39 is 11.4 Å². The maximum atomic E-state index is 12.5. The van der Waals surface area contributed by atoms with Gasteiger partial charge in [-0.1, -0.05) is 13.8 Å². The van der Waals surface area contributed by atoms with Gasteiger partial charge in [-0.25, -0.2) is 9.97 Å². The van der Waals surface area contributed by atoms with Gasteiger partial charge in [0.25, 0.3) is 0 Å². The van der Waals surface area contributed by atoms with Gasteiger partial charge in [0.15, 0.2) is 0 Å². The van der Waals surface area contributed by atoms with Crippen molar-refractivity contribution in [3.05, 3.63) is 18.2 Å². The summed E-state index contributed by atoms with van der Waals surface area (Å²) in [4.78, 5) is 32.7. The third-order valence-corrected chi connectivity index (χ3v) is 3.59. The molecule has 6 nitrogen and oxygen atoms in total. The normalized spacial score (nSPS) is 16.8. The van der Waals surface area contributed by atoms with E-state index in [0.717, 1.165) is 0 Å². The van der Waals surface area contributed by atoms with Gasteiger partial charge in [-0.2, -0.15) is 0 Å². The molecule has 0 saturated heterocycles. The zero-order chi connectivity index (χ0) is 13.3. The summed E-state index contributed by atoms with van der Waals surface area (Å²) in [5.41, 5.74) is 0.468. The lowest BCUT2D eigenvalue weighted by molar-refractivity contribution is -0.137. The lowest BCUT2D eigenvalue weighted by Crippen LogP contribution is -2.42. The van der Waals surface area contributed by atoms with E-state index in [-0.39, 0.29) is 12.5 Å². The van der Waals surface area contributed by atoms with E-state index in [2.05, 4.69) is 9.97 Å². The Kier molecular flexibility index (Phi) is 3.02. The number of aromatic nitrogens is 2. The Morgan fingerprint density at radius 3 is 2.67 bits per heavy atom. The van der Waals surface area contributed by atoms with Crippen LogP contribution in [0.15, 0.2) is 12.5 Å². The smallest absolute Gasteiger partial charge is 0.323 e. The third kappa shape index (κ3) is 1.56. The predicted octanol–water partition coefficient (Wildman–Crippen LogP) is 0.966. The fraction of sp³-hybridized carbons (Fsp3) is 0.500. The number of rotatable bonds is 4. The molecule has 0 aliphatic carbocycles. The van der Waals surface area contributed by atoms with Gasteiger partial charge in [0.2, 0.25) is 5.91 Å². The molecule has 0 bridgehead atoms. The first kappa shape index (κ1) is 12.5. The van der Waals surface area contributed by atoms with Crippen molar-refractivity contribution in [2.75, 3.05) is 11.4 Å². The van der Waals surface area contributed by atoms with Gasteiger partial charge in [-0.15, -0.1) is 0 Å². The number of hydrogen-bond donors (Lipinski definition) is 1. The Hall–Kier alpha value is -1.98. The minimum atomic E-state index is -1.04. The van der Waals surface area contributed by atoms with Crippen molar-refractivity contribution < 1.29 is 14.7 Å². The molecule has 0 unspecified atom stereocenters. The average Bonchev–Trinajstić information content (AvgIpc) is 2.60. The molecular formula is C12H15N3O3. The molecule has 2 heterocycles. The number of nitrogens with zero attached hydrogens (tertiary/aromatic N) is 3. The van der Waals surface area contributed by atoms with Gasteiger partial charge in [0.1, 0.15) is 12.9 Å². The molecule has 1 aromatic heterocycles. The molecule has 1 aromatic rings. The molecule has 1 N–H and O–H groups in total. The van der Waals surface area contributed by atoms with Crippen LogP contribution in [0, 0.1) is 0 Å². The number of hydrogen-bond acceptors (Lipinski definition) is 4. The molecule has 0 fully saturated rings. The number of amides is 1. The summed E-state index contributed by atoms with van der Waals surface area (Å²) in [5.74, 6) is -1.23. The second-order valence-electron chi connectivity index (χ2n) is 4.33.